The Morgan fingerprint density at radius 3 is 1.25 bits per heavy atom. The lowest BCUT2D eigenvalue weighted by atomic mass is 9.92. The molecule has 0 N–H and O–H groups in total. The van der Waals surface area contributed by atoms with Gasteiger partial charge in [0.25, 0.3) is 0 Å². The summed E-state index contributed by atoms with van der Waals surface area (Å²) in [5, 5.41) is 0. The fourth-order valence-electron chi connectivity index (χ4n) is 0.306. The highest BCUT2D eigenvalue weighted by Gasteiger charge is 2.15. The highest BCUT2D eigenvalue weighted by Crippen LogP contribution is 2.22. The summed E-state index contributed by atoms with van der Waals surface area (Å²) in [5.41, 5.74) is -0.0469. The SMILES string of the molecule is C.C=C(OC)C(C)(C)C.CC(=O)C(C)(C)C. The lowest BCUT2D eigenvalue weighted by molar-refractivity contribution is -0.124. The predicted molar refractivity (Wildman–Crippen MR) is 72.5 cm³/mol. The summed E-state index contributed by atoms with van der Waals surface area (Å²) in [7, 11) is 1.65. The largest absolute Gasteiger partial charge is 0.501 e. The van der Waals surface area contributed by atoms with Gasteiger partial charge in [0.2, 0.25) is 0 Å². The number of carbonyl (C=O) groups excluding carboxylic acids is 1. The first-order chi connectivity index (χ1) is 6.42. The Kier molecular flexibility index (Phi) is 9.63. The summed E-state index contributed by atoms with van der Waals surface area (Å²) in [6, 6.07) is 0. The summed E-state index contributed by atoms with van der Waals surface area (Å²) >= 11 is 0. The maximum Gasteiger partial charge on any atom is 0.135 e. The number of ether oxygens (including phenoxy) is 1. The Morgan fingerprint density at radius 2 is 1.25 bits per heavy atom. The molecule has 0 bridgehead atoms. The molecular formula is C14H30O2. The molecule has 0 aromatic rings. The van der Waals surface area contributed by atoms with Gasteiger partial charge in [-0.1, -0.05) is 55.5 Å². The molecule has 0 amide bonds. The van der Waals surface area contributed by atoms with Crippen molar-refractivity contribution in [3.05, 3.63) is 12.3 Å². The van der Waals surface area contributed by atoms with Crippen molar-refractivity contribution in [1.29, 1.82) is 0 Å². The van der Waals surface area contributed by atoms with Gasteiger partial charge in [0.1, 0.15) is 5.78 Å². The number of hydrogen-bond acceptors (Lipinski definition) is 2. The van der Waals surface area contributed by atoms with E-state index in [0.29, 0.717) is 0 Å². The third-order valence-electron chi connectivity index (χ3n) is 2.14. The summed E-state index contributed by atoms with van der Waals surface area (Å²) in [5.74, 6) is 1.07. The van der Waals surface area contributed by atoms with Gasteiger partial charge in [-0.25, -0.2) is 0 Å². The maximum absolute atomic E-state index is 10.5. The predicted octanol–water partition coefficient (Wildman–Crippen LogP) is 4.45. The zero-order valence-corrected chi connectivity index (χ0v) is 11.5. The monoisotopic (exact) mass is 230 g/mol. The van der Waals surface area contributed by atoms with Crippen LogP contribution < -0.4 is 0 Å². The van der Waals surface area contributed by atoms with Crippen LogP contribution in [0.2, 0.25) is 0 Å². The van der Waals surface area contributed by atoms with Gasteiger partial charge in [-0.2, -0.15) is 0 Å². The average Bonchev–Trinajstić information content (AvgIpc) is 2.00. The van der Waals surface area contributed by atoms with E-state index >= 15 is 0 Å². The normalized spacial score (nSPS) is 10.5. The van der Waals surface area contributed by atoms with E-state index in [4.69, 9.17) is 4.74 Å². The van der Waals surface area contributed by atoms with E-state index < -0.39 is 0 Å². The van der Waals surface area contributed by atoms with Gasteiger partial charge in [-0.05, 0) is 6.92 Å². The van der Waals surface area contributed by atoms with Crippen molar-refractivity contribution in [3.8, 4) is 0 Å². The molecular weight excluding hydrogens is 200 g/mol. The highest BCUT2D eigenvalue weighted by atomic mass is 16.5. The zero-order chi connectivity index (χ0) is 12.9. The standard InChI is InChI=1S/C7H14O.C6H12O.CH4/c1-6(8-5)7(2,3)4;1-5(7)6(2,3)4;/h1H2,2-5H3;1-4H3;1H4. The highest BCUT2D eigenvalue weighted by molar-refractivity contribution is 5.80. The van der Waals surface area contributed by atoms with Crippen molar-refractivity contribution < 1.29 is 9.53 Å². The zero-order valence-electron chi connectivity index (χ0n) is 11.5. The maximum atomic E-state index is 10.5. The van der Waals surface area contributed by atoms with Gasteiger partial charge >= 0.3 is 0 Å². The number of methoxy groups -OCH3 is 1. The van der Waals surface area contributed by atoms with Crippen LogP contribution in [0.25, 0.3) is 0 Å². The lowest BCUT2D eigenvalue weighted by Gasteiger charge is -2.19. The van der Waals surface area contributed by atoms with Crippen LogP contribution in [0.15, 0.2) is 12.3 Å². The van der Waals surface area contributed by atoms with Crippen molar-refractivity contribution >= 4 is 5.78 Å². The molecule has 0 saturated heterocycles. The van der Waals surface area contributed by atoms with Gasteiger partial charge in [-0.3, -0.25) is 4.79 Å². The van der Waals surface area contributed by atoms with Crippen LogP contribution in [0.5, 0.6) is 0 Å². The minimum atomic E-state index is -0.139. The van der Waals surface area contributed by atoms with Crippen molar-refractivity contribution in [2.75, 3.05) is 7.11 Å². The molecule has 2 nitrogen and oxygen atoms in total. The lowest BCUT2D eigenvalue weighted by Crippen LogP contribution is -2.15. The Morgan fingerprint density at radius 1 is 1.00 bits per heavy atom. The first kappa shape index (κ1) is 20.6. The minimum Gasteiger partial charge on any atom is -0.501 e. The Labute approximate surface area is 102 Å². The number of ketones is 1. The van der Waals surface area contributed by atoms with E-state index in [1.807, 2.05) is 20.8 Å². The van der Waals surface area contributed by atoms with Crippen molar-refractivity contribution in [2.45, 2.75) is 55.9 Å². The van der Waals surface area contributed by atoms with Gasteiger partial charge < -0.3 is 4.74 Å². The molecule has 98 valence electrons. The summed E-state index contributed by atoms with van der Waals surface area (Å²) in [6.45, 7) is 17.3. The van der Waals surface area contributed by atoms with Gasteiger partial charge in [-0.15, -0.1) is 0 Å². The summed E-state index contributed by atoms with van der Waals surface area (Å²) < 4.78 is 4.92. The third-order valence-corrected chi connectivity index (χ3v) is 2.14. The molecule has 0 fully saturated rings. The average molecular weight is 230 g/mol. The molecule has 0 spiro atoms. The van der Waals surface area contributed by atoms with E-state index in [0.717, 1.165) is 5.76 Å². The molecule has 0 aromatic carbocycles. The number of rotatable bonds is 1. The number of Topliss-reactive ketones (excluding diaryl/α,β-unsaturated/α-hetero) is 1. The molecule has 16 heavy (non-hydrogen) atoms. The molecule has 0 rings (SSSR count). The molecule has 0 heterocycles. The molecule has 0 aliphatic heterocycles. The Balaban J connectivity index is -0.000000200. The molecule has 0 unspecified atom stereocenters. The van der Waals surface area contributed by atoms with Crippen molar-refractivity contribution in [3.63, 3.8) is 0 Å². The van der Waals surface area contributed by atoms with Crippen LogP contribution in [0.1, 0.15) is 55.9 Å². The molecule has 0 saturated carbocycles. The second-order valence-electron chi connectivity index (χ2n) is 5.68. The third kappa shape index (κ3) is 11.3. The second kappa shape index (κ2) is 7.48. The number of hydrogen-bond donors (Lipinski definition) is 0. The van der Waals surface area contributed by atoms with Crippen molar-refractivity contribution in [2.24, 2.45) is 10.8 Å². The van der Waals surface area contributed by atoms with Crippen LogP contribution >= 0.6 is 0 Å². The Bertz CT molecular complexity index is 214. The fourth-order valence-corrected chi connectivity index (χ4v) is 0.306. The summed E-state index contributed by atoms with van der Waals surface area (Å²) in [4.78, 5) is 10.5. The van der Waals surface area contributed by atoms with Gasteiger partial charge in [0.05, 0.1) is 12.9 Å². The van der Waals surface area contributed by atoms with E-state index in [2.05, 4.69) is 27.4 Å². The van der Waals surface area contributed by atoms with Crippen molar-refractivity contribution in [1.82, 2.24) is 0 Å². The van der Waals surface area contributed by atoms with Crippen LogP contribution in [0, 0.1) is 10.8 Å². The van der Waals surface area contributed by atoms with Crippen LogP contribution in [0.4, 0.5) is 0 Å². The topological polar surface area (TPSA) is 26.3 Å². The second-order valence-corrected chi connectivity index (χ2v) is 5.68. The quantitative estimate of drug-likeness (QED) is 0.622. The van der Waals surface area contributed by atoms with Gasteiger partial charge in [0, 0.05) is 10.8 Å². The van der Waals surface area contributed by atoms with Crippen LogP contribution in [-0.2, 0) is 9.53 Å². The van der Waals surface area contributed by atoms with Gasteiger partial charge in [0.15, 0.2) is 0 Å². The van der Waals surface area contributed by atoms with E-state index in [-0.39, 0.29) is 24.0 Å². The molecule has 0 aromatic heterocycles. The first-order valence-electron chi connectivity index (χ1n) is 5.17. The van der Waals surface area contributed by atoms with Crippen LogP contribution in [0.3, 0.4) is 0 Å². The van der Waals surface area contributed by atoms with E-state index in [9.17, 15) is 4.79 Å². The van der Waals surface area contributed by atoms with E-state index in [1.165, 1.54) is 0 Å². The first-order valence-corrected chi connectivity index (χ1v) is 5.17. The summed E-state index contributed by atoms with van der Waals surface area (Å²) in [6.07, 6.45) is 0. The smallest absolute Gasteiger partial charge is 0.135 e. The molecule has 0 aliphatic rings. The molecule has 2 heteroatoms. The van der Waals surface area contributed by atoms with E-state index in [1.54, 1.807) is 14.0 Å². The Hall–Kier alpha value is -0.790. The minimum absolute atomic E-state index is 0. The number of carbonyl (C=O) groups is 1. The molecule has 0 aliphatic carbocycles. The molecule has 0 atom stereocenters. The molecule has 0 radical (unpaired) electrons. The number of allylic oxidation sites excluding steroid dienone is 1. The fraction of sp³-hybridized carbons (Fsp3) is 0.786. The van der Waals surface area contributed by atoms with Crippen LogP contribution in [-0.4, -0.2) is 12.9 Å².